The van der Waals surface area contributed by atoms with Crippen LogP contribution in [0.25, 0.3) is 0 Å². The van der Waals surface area contributed by atoms with Crippen molar-refractivity contribution in [3.8, 4) is 5.75 Å². The van der Waals surface area contributed by atoms with Crippen molar-refractivity contribution in [2.24, 2.45) is 0 Å². The normalized spacial score (nSPS) is 12.8. The van der Waals surface area contributed by atoms with Crippen LogP contribution in [0.2, 0.25) is 0 Å². The van der Waals surface area contributed by atoms with Crippen molar-refractivity contribution in [1.29, 1.82) is 0 Å². The highest BCUT2D eigenvalue weighted by Crippen LogP contribution is 2.28. The fraction of sp³-hybridized carbons (Fsp3) is 0.167. The molecule has 31 heavy (non-hydrogen) atoms. The Morgan fingerprint density at radius 2 is 1.84 bits per heavy atom. The van der Waals surface area contributed by atoms with Gasteiger partial charge >= 0.3 is 6.61 Å². The summed E-state index contributed by atoms with van der Waals surface area (Å²) in [6, 6.07) is 19.1. The highest BCUT2D eigenvalue weighted by Gasteiger charge is 2.17. The van der Waals surface area contributed by atoms with E-state index in [9.17, 15) is 18.4 Å². The van der Waals surface area contributed by atoms with E-state index in [-0.39, 0.29) is 17.6 Å². The summed E-state index contributed by atoms with van der Waals surface area (Å²) in [6.45, 7) is -2.94. The number of carbonyl (C=O) groups excluding carboxylic acids is 2. The van der Waals surface area contributed by atoms with Gasteiger partial charge in [-0.05, 0) is 53.9 Å². The predicted molar refractivity (Wildman–Crippen MR) is 114 cm³/mol. The van der Waals surface area contributed by atoms with Crippen LogP contribution in [0.5, 0.6) is 5.75 Å². The Morgan fingerprint density at radius 3 is 2.61 bits per heavy atom. The molecule has 0 fully saturated rings. The van der Waals surface area contributed by atoms with Gasteiger partial charge in [0, 0.05) is 35.3 Å². The summed E-state index contributed by atoms with van der Waals surface area (Å²) in [6.07, 6.45) is 1.33. The molecule has 5 nitrogen and oxygen atoms in total. The monoisotopic (exact) mass is 422 g/mol. The molecule has 2 amide bonds. The molecule has 2 N–H and O–H groups in total. The van der Waals surface area contributed by atoms with Crippen LogP contribution in [0, 0.1) is 0 Å². The van der Waals surface area contributed by atoms with Crippen molar-refractivity contribution >= 4 is 23.2 Å². The quantitative estimate of drug-likeness (QED) is 0.586. The summed E-state index contributed by atoms with van der Waals surface area (Å²) < 4.78 is 30.3. The average molecular weight is 422 g/mol. The van der Waals surface area contributed by atoms with E-state index in [1.165, 1.54) is 12.1 Å². The maximum atomic E-state index is 12.8. The first-order chi connectivity index (χ1) is 15.0. The molecule has 3 aromatic rings. The van der Waals surface area contributed by atoms with Gasteiger partial charge in [0.25, 0.3) is 5.91 Å². The highest BCUT2D eigenvalue weighted by molar-refractivity contribution is 6.05. The Balaban J connectivity index is 1.55. The predicted octanol–water partition coefficient (Wildman–Crippen LogP) is 5.02. The first-order valence-electron chi connectivity index (χ1n) is 9.84. The van der Waals surface area contributed by atoms with Gasteiger partial charge in [-0.15, -0.1) is 0 Å². The molecule has 0 aromatic heterocycles. The number of amides is 2. The number of benzene rings is 3. The maximum absolute atomic E-state index is 12.8. The molecule has 1 aliphatic heterocycles. The number of hydrogen-bond acceptors (Lipinski definition) is 3. The smallest absolute Gasteiger partial charge is 0.387 e. The summed E-state index contributed by atoms with van der Waals surface area (Å²) in [5.74, 6) is -0.295. The third kappa shape index (κ3) is 5.06. The fourth-order valence-electron chi connectivity index (χ4n) is 3.55. The summed E-state index contributed by atoms with van der Waals surface area (Å²) in [4.78, 5) is 24.2. The highest BCUT2D eigenvalue weighted by atomic mass is 19.3. The zero-order valence-corrected chi connectivity index (χ0v) is 16.5. The molecule has 0 aliphatic carbocycles. The van der Waals surface area contributed by atoms with Crippen molar-refractivity contribution in [3.63, 3.8) is 0 Å². The summed E-state index contributed by atoms with van der Waals surface area (Å²) in [5, 5.41) is 5.59. The topological polar surface area (TPSA) is 67.4 Å². The first kappa shape index (κ1) is 20.5. The Kier molecular flexibility index (Phi) is 5.93. The van der Waals surface area contributed by atoms with Crippen LogP contribution in [0.15, 0.2) is 66.7 Å². The zero-order chi connectivity index (χ0) is 21.8. The lowest BCUT2D eigenvalue weighted by Gasteiger charge is -2.17. The molecule has 158 valence electrons. The molecular formula is C24H20F2N2O3. The second-order valence-electron chi connectivity index (χ2n) is 7.24. The molecule has 4 rings (SSSR count). The van der Waals surface area contributed by atoms with E-state index in [1.54, 1.807) is 24.3 Å². The van der Waals surface area contributed by atoms with E-state index in [2.05, 4.69) is 15.4 Å². The molecule has 1 heterocycles. The Hall–Kier alpha value is -3.74. The molecule has 0 radical (unpaired) electrons. The minimum atomic E-state index is -2.94. The Labute approximate surface area is 178 Å². The van der Waals surface area contributed by atoms with Crippen molar-refractivity contribution in [2.75, 3.05) is 10.6 Å². The molecule has 0 bridgehead atoms. The van der Waals surface area contributed by atoms with Gasteiger partial charge < -0.3 is 15.4 Å². The lowest BCUT2D eigenvalue weighted by Crippen LogP contribution is -2.20. The van der Waals surface area contributed by atoms with E-state index >= 15 is 0 Å². The van der Waals surface area contributed by atoms with Gasteiger partial charge in [0.2, 0.25) is 5.91 Å². The van der Waals surface area contributed by atoms with Crippen LogP contribution in [0.4, 0.5) is 20.2 Å². The molecule has 0 atom stereocenters. The molecule has 0 unspecified atom stereocenters. The Bertz CT molecular complexity index is 1120. The fourth-order valence-corrected chi connectivity index (χ4v) is 3.55. The van der Waals surface area contributed by atoms with Gasteiger partial charge in [0.15, 0.2) is 0 Å². The van der Waals surface area contributed by atoms with Gasteiger partial charge in [0.05, 0.1) is 0 Å². The maximum Gasteiger partial charge on any atom is 0.387 e. The number of ether oxygens (including phenoxy) is 1. The molecule has 1 aliphatic rings. The van der Waals surface area contributed by atoms with E-state index in [0.29, 0.717) is 41.8 Å². The van der Waals surface area contributed by atoms with Gasteiger partial charge in [0.1, 0.15) is 5.75 Å². The first-order valence-corrected chi connectivity index (χ1v) is 9.84. The van der Waals surface area contributed by atoms with E-state index in [1.807, 2.05) is 30.3 Å². The van der Waals surface area contributed by atoms with E-state index in [0.717, 1.165) is 11.1 Å². The summed E-state index contributed by atoms with van der Waals surface area (Å²) in [5.41, 5.74) is 4.01. The minimum absolute atomic E-state index is 0.0400. The minimum Gasteiger partial charge on any atom is -0.435 e. The standard InChI is InChI=1S/C24H20F2N2O3/c25-24(26)31-21-10-8-19(14-18(21)12-15-4-2-1-3-5-15)27-23(30)17-6-9-20-16(13-17)7-11-22(29)28-20/h1-6,8-10,13-14,24H,7,11-12H2,(H,27,30)(H,28,29). The molecule has 7 heteroatoms. The summed E-state index contributed by atoms with van der Waals surface area (Å²) >= 11 is 0. The van der Waals surface area contributed by atoms with Crippen LogP contribution in [-0.4, -0.2) is 18.4 Å². The number of rotatable bonds is 6. The number of carbonyl (C=O) groups is 2. The average Bonchev–Trinajstić information content (AvgIpc) is 2.75. The number of anilines is 2. The van der Waals surface area contributed by atoms with Gasteiger partial charge in [-0.3, -0.25) is 9.59 Å². The van der Waals surface area contributed by atoms with Crippen LogP contribution in [-0.2, 0) is 17.6 Å². The van der Waals surface area contributed by atoms with Crippen LogP contribution < -0.4 is 15.4 Å². The van der Waals surface area contributed by atoms with Gasteiger partial charge in [-0.2, -0.15) is 8.78 Å². The number of halogens is 2. The molecule has 0 saturated heterocycles. The van der Waals surface area contributed by atoms with E-state index < -0.39 is 6.61 Å². The van der Waals surface area contributed by atoms with Crippen LogP contribution >= 0.6 is 0 Å². The number of alkyl halides is 2. The number of hydrogen-bond donors (Lipinski definition) is 2. The third-order valence-electron chi connectivity index (χ3n) is 5.03. The van der Waals surface area contributed by atoms with Crippen LogP contribution in [0.1, 0.15) is 33.5 Å². The Morgan fingerprint density at radius 1 is 1.03 bits per heavy atom. The van der Waals surface area contributed by atoms with Crippen molar-refractivity contribution in [2.45, 2.75) is 25.9 Å². The second-order valence-corrected chi connectivity index (χ2v) is 7.24. The molecule has 0 spiro atoms. The second kappa shape index (κ2) is 8.95. The molecule has 0 saturated carbocycles. The SMILES string of the molecule is O=C1CCc2cc(C(=O)Nc3ccc(OC(F)F)c(Cc4ccccc4)c3)ccc2N1. The zero-order valence-electron chi connectivity index (χ0n) is 16.5. The number of fused-ring (bicyclic) bond motifs is 1. The third-order valence-corrected chi connectivity index (χ3v) is 5.03. The molecular weight excluding hydrogens is 402 g/mol. The van der Waals surface area contributed by atoms with Gasteiger partial charge in [-0.1, -0.05) is 30.3 Å². The van der Waals surface area contributed by atoms with Crippen molar-refractivity contribution in [1.82, 2.24) is 0 Å². The summed E-state index contributed by atoms with van der Waals surface area (Å²) in [7, 11) is 0. The largest absolute Gasteiger partial charge is 0.435 e. The molecule has 3 aromatic carbocycles. The van der Waals surface area contributed by atoms with E-state index in [4.69, 9.17) is 0 Å². The lowest BCUT2D eigenvalue weighted by molar-refractivity contribution is -0.116. The number of nitrogens with one attached hydrogen (secondary N) is 2. The number of aryl methyl sites for hydroxylation is 1. The van der Waals surface area contributed by atoms with Gasteiger partial charge in [-0.25, -0.2) is 0 Å². The van der Waals surface area contributed by atoms with Crippen molar-refractivity contribution in [3.05, 3.63) is 89.0 Å². The lowest BCUT2D eigenvalue weighted by atomic mass is 10.00. The van der Waals surface area contributed by atoms with Crippen molar-refractivity contribution < 1.29 is 23.1 Å². The van der Waals surface area contributed by atoms with Crippen LogP contribution in [0.3, 0.4) is 0 Å².